The molecule has 3 heterocycles. The Morgan fingerprint density at radius 1 is 1.00 bits per heavy atom. The van der Waals surface area contributed by atoms with Crippen molar-refractivity contribution < 1.29 is 38.2 Å². The number of rotatable bonds is 10. The van der Waals surface area contributed by atoms with Crippen molar-refractivity contribution in [1.82, 2.24) is 20.7 Å². The quantitative estimate of drug-likeness (QED) is 0.266. The second kappa shape index (κ2) is 14.1. The zero-order chi connectivity index (χ0) is 32.8. The summed E-state index contributed by atoms with van der Waals surface area (Å²) in [6, 6.07) is 13.3. The molecule has 3 atom stereocenters. The van der Waals surface area contributed by atoms with Crippen LogP contribution in [-0.4, -0.2) is 70.1 Å². The number of ether oxygens (including phenoxy) is 2. The largest absolute Gasteiger partial charge is 0.414 e. The Kier molecular flexibility index (Phi) is 10.0. The predicted molar refractivity (Wildman–Crippen MR) is 164 cm³/mol. The van der Waals surface area contributed by atoms with Gasteiger partial charge >= 0.3 is 5.97 Å². The van der Waals surface area contributed by atoms with Gasteiger partial charge in [0.1, 0.15) is 12.1 Å². The molecule has 0 radical (unpaired) electrons. The average molecular weight is 634 g/mol. The first-order chi connectivity index (χ1) is 22.0. The third-order valence-electron chi connectivity index (χ3n) is 8.06. The molecule has 2 aromatic rings. The maximum atomic E-state index is 13.9. The standard InChI is InChI=1S/C33H39N5O8/c1-21(2)19-27(39)34-24-12-10-23(11-13-24)30(42)35-25-14-15-28(40)37-18-6-9-26(38(37)32(25)44)31(43)36-33(17-16-29(41)46-33)45-20-22-7-4-3-5-8-22/h3-5,7-8,10-13,21,25-26H,6,9,14-20H2,1-2H3,(H,34,39)(H,35,42)(H,36,43). The summed E-state index contributed by atoms with van der Waals surface area (Å²) in [5.41, 5.74) is 1.60. The van der Waals surface area contributed by atoms with Crippen molar-refractivity contribution in [2.75, 3.05) is 11.9 Å². The van der Waals surface area contributed by atoms with Crippen LogP contribution in [0.5, 0.6) is 0 Å². The second-order valence-electron chi connectivity index (χ2n) is 12.1. The lowest BCUT2D eigenvalue weighted by atomic mass is 10.0. The Hall–Kier alpha value is -4.78. The maximum absolute atomic E-state index is 13.9. The van der Waals surface area contributed by atoms with Gasteiger partial charge in [-0.2, -0.15) is 0 Å². The van der Waals surface area contributed by atoms with Gasteiger partial charge in [0.25, 0.3) is 17.7 Å². The molecule has 2 aromatic carbocycles. The number of nitrogens with one attached hydrogen (secondary N) is 3. The molecule has 0 bridgehead atoms. The van der Waals surface area contributed by atoms with Crippen molar-refractivity contribution in [2.24, 2.45) is 5.92 Å². The van der Waals surface area contributed by atoms with E-state index in [9.17, 15) is 28.8 Å². The smallest absolute Gasteiger partial charge is 0.309 e. The third-order valence-corrected chi connectivity index (χ3v) is 8.06. The lowest BCUT2D eigenvalue weighted by Gasteiger charge is -2.43. The Labute approximate surface area is 266 Å². The topological polar surface area (TPSA) is 163 Å². The van der Waals surface area contributed by atoms with Crippen molar-refractivity contribution >= 4 is 41.2 Å². The molecule has 13 heteroatoms. The van der Waals surface area contributed by atoms with Crippen molar-refractivity contribution in [3.63, 3.8) is 0 Å². The highest BCUT2D eigenvalue weighted by atomic mass is 16.7. The zero-order valence-electron chi connectivity index (χ0n) is 26.0. The molecule has 244 valence electrons. The molecule has 3 aliphatic rings. The number of nitrogens with zero attached hydrogens (tertiary/aromatic N) is 2. The van der Waals surface area contributed by atoms with E-state index < -0.39 is 41.7 Å². The van der Waals surface area contributed by atoms with Crippen LogP contribution >= 0.6 is 0 Å². The molecule has 3 N–H and O–H groups in total. The predicted octanol–water partition coefficient (Wildman–Crippen LogP) is 2.62. The highest BCUT2D eigenvalue weighted by molar-refractivity contribution is 6.00. The minimum atomic E-state index is -1.72. The van der Waals surface area contributed by atoms with E-state index in [-0.39, 0.29) is 68.6 Å². The van der Waals surface area contributed by atoms with E-state index in [1.165, 1.54) is 17.1 Å². The van der Waals surface area contributed by atoms with Crippen LogP contribution in [0, 0.1) is 5.92 Å². The first-order valence-electron chi connectivity index (χ1n) is 15.6. The summed E-state index contributed by atoms with van der Waals surface area (Å²) in [5, 5.41) is 10.6. The molecule has 5 amide bonds. The van der Waals surface area contributed by atoms with Crippen LogP contribution in [0.25, 0.3) is 0 Å². The molecule has 0 saturated carbocycles. The van der Waals surface area contributed by atoms with E-state index in [2.05, 4.69) is 16.0 Å². The van der Waals surface area contributed by atoms with Crippen LogP contribution < -0.4 is 16.0 Å². The van der Waals surface area contributed by atoms with Gasteiger partial charge in [0.05, 0.1) is 13.0 Å². The average Bonchev–Trinajstić information content (AvgIpc) is 3.35. The van der Waals surface area contributed by atoms with E-state index >= 15 is 0 Å². The van der Waals surface area contributed by atoms with Crippen LogP contribution in [0.2, 0.25) is 0 Å². The first kappa shape index (κ1) is 32.6. The lowest BCUT2D eigenvalue weighted by Crippen LogP contribution is -2.65. The van der Waals surface area contributed by atoms with Gasteiger partial charge in [-0.25, -0.2) is 5.01 Å². The minimum absolute atomic E-state index is 0.00984. The summed E-state index contributed by atoms with van der Waals surface area (Å²) in [5.74, 6) is -4.31. The van der Waals surface area contributed by atoms with Crippen molar-refractivity contribution in [1.29, 1.82) is 0 Å². The molecule has 5 rings (SSSR count). The van der Waals surface area contributed by atoms with Gasteiger partial charge in [-0.1, -0.05) is 44.2 Å². The number of carbonyl (C=O) groups excluding carboxylic acids is 6. The van der Waals surface area contributed by atoms with E-state index in [4.69, 9.17) is 9.47 Å². The molecular formula is C33H39N5O8. The van der Waals surface area contributed by atoms with Crippen molar-refractivity contribution in [2.45, 2.75) is 83.4 Å². The highest BCUT2D eigenvalue weighted by Crippen LogP contribution is 2.30. The van der Waals surface area contributed by atoms with Gasteiger partial charge in [-0.3, -0.25) is 39.1 Å². The van der Waals surface area contributed by atoms with Gasteiger partial charge in [0.15, 0.2) is 0 Å². The molecule has 0 aliphatic carbocycles. The Bertz CT molecular complexity index is 1480. The number of anilines is 1. The number of esters is 1. The van der Waals surface area contributed by atoms with Gasteiger partial charge in [0.2, 0.25) is 17.7 Å². The van der Waals surface area contributed by atoms with Crippen LogP contribution in [0.15, 0.2) is 54.6 Å². The van der Waals surface area contributed by atoms with Crippen molar-refractivity contribution in [3.05, 3.63) is 65.7 Å². The first-order valence-corrected chi connectivity index (χ1v) is 15.6. The van der Waals surface area contributed by atoms with Crippen LogP contribution in [-0.2, 0) is 40.1 Å². The van der Waals surface area contributed by atoms with E-state index in [0.717, 1.165) is 10.6 Å². The van der Waals surface area contributed by atoms with Gasteiger partial charge in [0, 0.05) is 37.1 Å². The molecule has 3 saturated heterocycles. The summed E-state index contributed by atoms with van der Waals surface area (Å²) in [4.78, 5) is 78.2. The molecular weight excluding hydrogens is 594 g/mol. The molecule has 46 heavy (non-hydrogen) atoms. The van der Waals surface area contributed by atoms with E-state index in [0.29, 0.717) is 18.5 Å². The summed E-state index contributed by atoms with van der Waals surface area (Å²) >= 11 is 0. The minimum Gasteiger partial charge on any atom is -0.414 e. The fraction of sp³-hybridized carbons (Fsp3) is 0.455. The van der Waals surface area contributed by atoms with Crippen LogP contribution in [0.3, 0.4) is 0 Å². The number of hydrogen-bond donors (Lipinski definition) is 3. The summed E-state index contributed by atoms with van der Waals surface area (Å²) < 4.78 is 11.4. The summed E-state index contributed by atoms with van der Waals surface area (Å²) in [6.45, 7) is 4.18. The molecule has 3 unspecified atom stereocenters. The number of carbonyl (C=O) groups is 6. The number of fused-ring (bicyclic) bond motifs is 1. The fourth-order valence-corrected chi connectivity index (χ4v) is 5.76. The summed E-state index contributed by atoms with van der Waals surface area (Å²) in [7, 11) is 0. The molecule has 0 spiro atoms. The number of benzene rings is 2. The Morgan fingerprint density at radius 2 is 1.74 bits per heavy atom. The lowest BCUT2D eigenvalue weighted by molar-refractivity contribution is -0.234. The van der Waals surface area contributed by atoms with E-state index in [1.54, 1.807) is 12.1 Å². The van der Waals surface area contributed by atoms with Gasteiger partial charge in [-0.15, -0.1) is 0 Å². The highest BCUT2D eigenvalue weighted by Gasteiger charge is 2.49. The third kappa shape index (κ3) is 7.71. The van der Waals surface area contributed by atoms with E-state index in [1.807, 2.05) is 44.2 Å². The fourth-order valence-electron chi connectivity index (χ4n) is 5.76. The zero-order valence-corrected chi connectivity index (χ0v) is 26.0. The SMILES string of the molecule is CC(C)CC(=O)Nc1ccc(C(=O)NC2CCC(=O)N3CCCC(C(=O)NC4(OCc5ccccc5)CCC(=O)O4)N3C2=O)cc1. The second-order valence-corrected chi connectivity index (χ2v) is 12.1. The maximum Gasteiger partial charge on any atom is 0.309 e. The van der Waals surface area contributed by atoms with Gasteiger partial charge < -0.3 is 20.1 Å². The van der Waals surface area contributed by atoms with Crippen LogP contribution in [0.1, 0.15) is 74.7 Å². The molecule has 3 aliphatic heterocycles. The molecule has 3 fully saturated rings. The number of amides is 5. The number of cyclic esters (lactones) is 1. The Balaban J connectivity index is 1.28. The normalized spacial score (nSPS) is 23.0. The van der Waals surface area contributed by atoms with Crippen molar-refractivity contribution in [3.8, 4) is 0 Å². The molecule has 13 nitrogen and oxygen atoms in total. The number of hydrogen-bond acceptors (Lipinski definition) is 8. The van der Waals surface area contributed by atoms with Crippen LogP contribution in [0.4, 0.5) is 5.69 Å². The molecule has 0 aromatic heterocycles. The number of hydrazine groups is 1. The van der Waals surface area contributed by atoms with Gasteiger partial charge in [-0.05, 0) is 55.0 Å². The monoisotopic (exact) mass is 633 g/mol. The Morgan fingerprint density at radius 3 is 2.41 bits per heavy atom. The summed E-state index contributed by atoms with van der Waals surface area (Å²) in [6.07, 6.45) is 1.22.